The lowest BCUT2D eigenvalue weighted by Crippen LogP contribution is -2.41. The van der Waals surface area contributed by atoms with Gasteiger partial charge in [-0.05, 0) is 63.5 Å². The van der Waals surface area contributed by atoms with Crippen LogP contribution in [0.5, 0.6) is 5.75 Å². The fourth-order valence-corrected chi connectivity index (χ4v) is 3.03. The molecule has 0 unspecified atom stereocenters. The summed E-state index contributed by atoms with van der Waals surface area (Å²) in [6.07, 6.45) is 2.00. The molecule has 1 aliphatic heterocycles. The maximum Gasteiger partial charge on any atom is 0.494 e. The van der Waals surface area contributed by atoms with Crippen LogP contribution in [0.3, 0.4) is 0 Å². The van der Waals surface area contributed by atoms with Crippen LogP contribution >= 0.6 is 0 Å². The van der Waals surface area contributed by atoms with E-state index in [-0.39, 0.29) is 18.3 Å². The number of methoxy groups -OCH3 is 1. The van der Waals surface area contributed by atoms with E-state index in [4.69, 9.17) is 14.0 Å². The number of benzene rings is 2. The maximum atomic E-state index is 6.11. The van der Waals surface area contributed by atoms with Crippen LogP contribution in [0.15, 0.2) is 48.7 Å². The first-order valence-electron chi connectivity index (χ1n) is 8.78. The molecule has 1 saturated heterocycles. The third-order valence-electron chi connectivity index (χ3n) is 5.39. The molecule has 2 aromatic carbocycles. The number of hydrogen-bond acceptors (Lipinski definition) is 4. The van der Waals surface area contributed by atoms with Crippen LogP contribution in [0.4, 0.5) is 0 Å². The van der Waals surface area contributed by atoms with E-state index in [1.165, 1.54) is 0 Å². The average Bonchev–Trinajstić information content (AvgIpc) is 3.12. The van der Waals surface area contributed by atoms with Crippen molar-refractivity contribution in [1.82, 2.24) is 9.78 Å². The van der Waals surface area contributed by atoms with Crippen molar-refractivity contribution >= 4 is 23.5 Å². The molecule has 4 rings (SSSR count). The van der Waals surface area contributed by atoms with E-state index in [0.717, 1.165) is 27.8 Å². The summed E-state index contributed by atoms with van der Waals surface area (Å²) in [6, 6.07) is 14.0. The van der Waals surface area contributed by atoms with Crippen LogP contribution < -0.4 is 10.2 Å². The molecule has 0 bridgehead atoms. The summed E-state index contributed by atoms with van der Waals surface area (Å²) in [7, 11) is 1.31. The second kappa shape index (κ2) is 5.86. The molecule has 0 aliphatic carbocycles. The van der Waals surface area contributed by atoms with E-state index in [0.29, 0.717) is 0 Å². The van der Waals surface area contributed by atoms with Gasteiger partial charge in [0.15, 0.2) is 0 Å². The zero-order valence-corrected chi connectivity index (χ0v) is 15.8. The van der Waals surface area contributed by atoms with Gasteiger partial charge in [-0.1, -0.05) is 12.1 Å². The molecule has 134 valence electrons. The summed E-state index contributed by atoms with van der Waals surface area (Å²) in [5.74, 6) is 0.827. The van der Waals surface area contributed by atoms with Crippen molar-refractivity contribution < 1.29 is 14.0 Å². The fourth-order valence-electron chi connectivity index (χ4n) is 3.03. The minimum Gasteiger partial charge on any atom is -0.497 e. The van der Waals surface area contributed by atoms with Crippen molar-refractivity contribution in [2.24, 2.45) is 0 Å². The first kappa shape index (κ1) is 17.1. The van der Waals surface area contributed by atoms with E-state index in [1.54, 1.807) is 7.11 Å². The largest absolute Gasteiger partial charge is 0.497 e. The Morgan fingerprint density at radius 1 is 0.962 bits per heavy atom. The molecule has 0 saturated carbocycles. The van der Waals surface area contributed by atoms with Crippen molar-refractivity contribution in [2.45, 2.75) is 38.9 Å². The normalized spacial score (nSPS) is 18.4. The molecule has 3 aromatic rings. The maximum absolute atomic E-state index is 6.11. The van der Waals surface area contributed by atoms with Crippen molar-refractivity contribution in [2.75, 3.05) is 7.11 Å². The quantitative estimate of drug-likeness (QED) is 0.680. The highest BCUT2D eigenvalue weighted by Crippen LogP contribution is 2.36. The zero-order valence-electron chi connectivity index (χ0n) is 15.8. The van der Waals surface area contributed by atoms with Crippen LogP contribution in [-0.4, -0.2) is 35.2 Å². The molecule has 0 atom stereocenters. The van der Waals surface area contributed by atoms with E-state index >= 15 is 0 Å². The van der Waals surface area contributed by atoms with E-state index < -0.39 is 0 Å². The molecule has 6 heteroatoms. The van der Waals surface area contributed by atoms with Crippen molar-refractivity contribution in [3.63, 3.8) is 0 Å². The van der Waals surface area contributed by atoms with Gasteiger partial charge in [0, 0.05) is 11.6 Å². The molecule has 0 radical (unpaired) electrons. The van der Waals surface area contributed by atoms with E-state index in [9.17, 15) is 0 Å². The van der Waals surface area contributed by atoms with Gasteiger partial charge in [0.25, 0.3) is 0 Å². The zero-order chi connectivity index (χ0) is 18.5. The summed E-state index contributed by atoms with van der Waals surface area (Å²) in [6.45, 7) is 8.24. The molecule has 1 aliphatic rings. The van der Waals surface area contributed by atoms with Crippen LogP contribution in [0.25, 0.3) is 16.6 Å². The highest BCUT2D eigenvalue weighted by molar-refractivity contribution is 6.62. The molecule has 2 heterocycles. The smallest absolute Gasteiger partial charge is 0.494 e. The summed E-state index contributed by atoms with van der Waals surface area (Å²) in [5, 5.41) is 5.67. The Labute approximate surface area is 154 Å². The lowest BCUT2D eigenvalue weighted by molar-refractivity contribution is 0.00578. The average molecular weight is 350 g/mol. The molecular weight excluding hydrogens is 327 g/mol. The van der Waals surface area contributed by atoms with Gasteiger partial charge in [0.1, 0.15) is 5.75 Å². The van der Waals surface area contributed by atoms with Gasteiger partial charge in [-0.2, -0.15) is 5.10 Å². The van der Waals surface area contributed by atoms with Gasteiger partial charge in [0.05, 0.1) is 29.5 Å². The van der Waals surface area contributed by atoms with Crippen molar-refractivity contribution in [3.05, 3.63) is 48.7 Å². The highest BCUT2D eigenvalue weighted by Gasteiger charge is 2.51. The van der Waals surface area contributed by atoms with Gasteiger partial charge in [0.2, 0.25) is 0 Å². The van der Waals surface area contributed by atoms with Gasteiger partial charge in [-0.3, -0.25) is 0 Å². The minimum atomic E-state index is -0.352. The Balaban J connectivity index is 1.60. The second-order valence-corrected chi connectivity index (χ2v) is 7.68. The Hall–Kier alpha value is -2.31. The minimum absolute atomic E-state index is 0.338. The monoisotopic (exact) mass is 350 g/mol. The molecule has 1 fully saturated rings. The van der Waals surface area contributed by atoms with Gasteiger partial charge >= 0.3 is 7.12 Å². The third-order valence-corrected chi connectivity index (χ3v) is 5.39. The number of nitrogens with zero attached hydrogens (tertiary/aromatic N) is 2. The molecule has 26 heavy (non-hydrogen) atoms. The number of rotatable bonds is 3. The van der Waals surface area contributed by atoms with Crippen LogP contribution in [0, 0.1) is 0 Å². The number of fused-ring (bicyclic) bond motifs is 1. The standard InChI is InChI=1S/C20H23BN2O3/c1-19(2)20(3,4)26-21(25-19)15-6-8-16(9-7-15)23-13-14-12-17(24-5)10-11-18(14)22-23/h6-13H,1-5H3. The Morgan fingerprint density at radius 3 is 2.23 bits per heavy atom. The Bertz CT molecular complexity index is 931. The van der Waals surface area contributed by atoms with Crippen LogP contribution in [0.2, 0.25) is 0 Å². The predicted molar refractivity (Wildman–Crippen MR) is 103 cm³/mol. The molecule has 0 amide bonds. The number of ether oxygens (including phenoxy) is 1. The lowest BCUT2D eigenvalue weighted by Gasteiger charge is -2.32. The van der Waals surface area contributed by atoms with E-state index in [2.05, 4.69) is 32.8 Å². The van der Waals surface area contributed by atoms with Gasteiger partial charge in [-0.25, -0.2) is 4.68 Å². The van der Waals surface area contributed by atoms with Gasteiger partial charge < -0.3 is 14.0 Å². The van der Waals surface area contributed by atoms with Crippen molar-refractivity contribution in [3.8, 4) is 11.4 Å². The molecule has 0 spiro atoms. The molecule has 0 N–H and O–H groups in total. The summed E-state index contributed by atoms with van der Waals surface area (Å²) < 4.78 is 19.4. The van der Waals surface area contributed by atoms with Crippen molar-refractivity contribution in [1.29, 1.82) is 0 Å². The number of aromatic nitrogens is 2. The van der Waals surface area contributed by atoms with Crippen LogP contribution in [-0.2, 0) is 9.31 Å². The summed E-state index contributed by atoms with van der Waals surface area (Å²) in [4.78, 5) is 0. The topological polar surface area (TPSA) is 45.5 Å². The molecule has 5 nitrogen and oxygen atoms in total. The number of hydrogen-bond donors (Lipinski definition) is 0. The third kappa shape index (κ3) is 2.79. The lowest BCUT2D eigenvalue weighted by atomic mass is 9.79. The van der Waals surface area contributed by atoms with Crippen LogP contribution in [0.1, 0.15) is 27.7 Å². The van der Waals surface area contributed by atoms with E-state index in [1.807, 2.05) is 53.3 Å². The Morgan fingerprint density at radius 2 is 1.62 bits per heavy atom. The predicted octanol–water partition coefficient (Wildman–Crippen LogP) is 3.33. The Kier molecular flexibility index (Phi) is 3.86. The summed E-state index contributed by atoms with van der Waals surface area (Å²) in [5.41, 5.74) is 2.25. The molecule has 1 aromatic heterocycles. The SMILES string of the molecule is COc1ccc2nn(-c3ccc(B4OC(C)(C)C(C)(C)O4)cc3)cc2c1. The summed E-state index contributed by atoms with van der Waals surface area (Å²) >= 11 is 0. The second-order valence-electron chi connectivity index (χ2n) is 7.68. The van der Waals surface area contributed by atoms with Gasteiger partial charge in [-0.15, -0.1) is 0 Å². The first-order valence-corrected chi connectivity index (χ1v) is 8.78. The first-order chi connectivity index (χ1) is 12.3. The molecular formula is C20H23BN2O3. The highest BCUT2D eigenvalue weighted by atomic mass is 16.7. The fraction of sp³-hybridized carbons (Fsp3) is 0.350.